The lowest BCUT2D eigenvalue weighted by atomic mass is 10.1. The summed E-state index contributed by atoms with van der Waals surface area (Å²) in [6.45, 7) is 5.52. The van der Waals surface area contributed by atoms with Crippen LogP contribution in [0.1, 0.15) is 18.9 Å². The van der Waals surface area contributed by atoms with Crippen LogP contribution in [0.25, 0.3) is 0 Å². The largest absolute Gasteiger partial charge is 0.480 e. The van der Waals surface area contributed by atoms with Crippen molar-refractivity contribution < 1.29 is 9.53 Å². The number of rotatable bonds is 6. The summed E-state index contributed by atoms with van der Waals surface area (Å²) in [4.78, 5) is 11.1. The Balaban J connectivity index is 2.96. The summed E-state index contributed by atoms with van der Waals surface area (Å²) in [6, 6.07) is 5.29. The monoisotopic (exact) mass is 234 g/mol. The van der Waals surface area contributed by atoms with E-state index in [2.05, 4.69) is 6.58 Å². The Morgan fingerprint density at radius 2 is 2.29 bits per heavy atom. The number of hydrogen-bond donors (Lipinski definition) is 2. The summed E-state index contributed by atoms with van der Waals surface area (Å²) in [5, 5.41) is 0. The topological polar surface area (TPSA) is 78.3 Å². The number of ether oxygens (including phenoxy) is 1. The number of nitrogen functional groups attached to an aromatic ring is 1. The molecule has 0 aliphatic rings. The predicted octanol–water partition coefficient (Wildman–Crippen LogP) is 1.64. The van der Waals surface area contributed by atoms with Gasteiger partial charge in [-0.25, -0.2) is 0 Å². The van der Waals surface area contributed by atoms with Crippen LogP contribution < -0.4 is 16.2 Å². The minimum absolute atomic E-state index is 0.464. The van der Waals surface area contributed by atoms with E-state index in [1.165, 1.54) is 0 Å². The molecule has 0 radical (unpaired) electrons. The molecule has 1 aromatic rings. The minimum atomic E-state index is -0.609. The first-order valence-corrected chi connectivity index (χ1v) is 5.53. The Kier molecular flexibility index (Phi) is 4.57. The van der Waals surface area contributed by atoms with Gasteiger partial charge >= 0.3 is 0 Å². The molecule has 0 spiro atoms. The van der Waals surface area contributed by atoms with Crippen LogP contribution in [-0.2, 0) is 11.2 Å². The van der Waals surface area contributed by atoms with Gasteiger partial charge in [-0.3, -0.25) is 4.79 Å². The zero-order valence-corrected chi connectivity index (χ0v) is 9.98. The van der Waals surface area contributed by atoms with E-state index < -0.39 is 12.0 Å². The van der Waals surface area contributed by atoms with Crippen molar-refractivity contribution in [2.24, 2.45) is 5.73 Å². The number of benzene rings is 1. The molecule has 4 N–H and O–H groups in total. The quantitative estimate of drug-likeness (QED) is 0.580. The van der Waals surface area contributed by atoms with E-state index in [9.17, 15) is 4.79 Å². The summed E-state index contributed by atoms with van der Waals surface area (Å²) in [5.74, 6) is 0.165. The van der Waals surface area contributed by atoms with Gasteiger partial charge in [0.05, 0.1) is 0 Å². The van der Waals surface area contributed by atoms with E-state index in [4.69, 9.17) is 16.2 Å². The Labute approximate surface area is 101 Å². The number of carbonyl (C=O) groups is 1. The fourth-order valence-electron chi connectivity index (χ4n) is 1.53. The van der Waals surface area contributed by atoms with Crippen LogP contribution in [0.5, 0.6) is 5.75 Å². The molecule has 0 bridgehead atoms. The van der Waals surface area contributed by atoms with Gasteiger partial charge in [0.15, 0.2) is 6.10 Å². The second kappa shape index (κ2) is 5.94. The molecular weight excluding hydrogens is 216 g/mol. The molecule has 4 nitrogen and oxygen atoms in total. The van der Waals surface area contributed by atoms with E-state index in [1.807, 2.05) is 13.0 Å². The highest BCUT2D eigenvalue weighted by atomic mass is 16.5. The van der Waals surface area contributed by atoms with Gasteiger partial charge in [0.25, 0.3) is 5.91 Å². The van der Waals surface area contributed by atoms with Gasteiger partial charge in [0.1, 0.15) is 5.75 Å². The highest BCUT2D eigenvalue weighted by Crippen LogP contribution is 2.23. The van der Waals surface area contributed by atoms with Gasteiger partial charge in [0, 0.05) is 5.69 Å². The molecule has 1 unspecified atom stereocenters. The third-order valence-corrected chi connectivity index (χ3v) is 2.41. The van der Waals surface area contributed by atoms with Crippen LogP contribution in [-0.4, -0.2) is 12.0 Å². The number of allylic oxidation sites excluding steroid dienone is 1. The molecule has 1 rings (SSSR count). The van der Waals surface area contributed by atoms with E-state index in [0.29, 0.717) is 24.3 Å². The lowest BCUT2D eigenvalue weighted by Crippen LogP contribution is -2.33. The number of primary amides is 1. The number of carbonyl (C=O) groups excluding carboxylic acids is 1. The van der Waals surface area contributed by atoms with Gasteiger partial charge < -0.3 is 16.2 Å². The molecule has 0 aromatic heterocycles. The molecule has 0 saturated carbocycles. The van der Waals surface area contributed by atoms with E-state index >= 15 is 0 Å². The predicted molar refractivity (Wildman–Crippen MR) is 68.7 cm³/mol. The Morgan fingerprint density at radius 3 is 2.82 bits per heavy atom. The second-order valence-corrected chi connectivity index (χ2v) is 3.78. The molecule has 0 aliphatic heterocycles. The van der Waals surface area contributed by atoms with Crippen molar-refractivity contribution in [3.63, 3.8) is 0 Å². The van der Waals surface area contributed by atoms with Crippen molar-refractivity contribution in [3.05, 3.63) is 36.4 Å². The molecule has 1 atom stereocenters. The number of anilines is 1. The molecule has 17 heavy (non-hydrogen) atoms. The average molecular weight is 234 g/mol. The summed E-state index contributed by atoms with van der Waals surface area (Å²) in [7, 11) is 0. The molecule has 0 aliphatic carbocycles. The minimum Gasteiger partial charge on any atom is -0.480 e. The van der Waals surface area contributed by atoms with E-state index in [-0.39, 0.29) is 0 Å². The molecule has 0 fully saturated rings. The molecule has 4 heteroatoms. The lowest BCUT2D eigenvalue weighted by Gasteiger charge is -2.17. The normalized spacial score (nSPS) is 11.8. The van der Waals surface area contributed by atoms with Crippen LogP contribution in [0, 0.1) is 0 Å². The van der Waals surface area contributed by atoms with Crippen molar-refractivity contribution in [2.45, 2.75) is 25.9 Å². The summed E-state index contributed by atoms with van der Waals surface area (Å²) in [6.07, 6.45) is 2.32. The van der Waals surface area contributed by atoms with Gasteiger partial charge in [-0.15, -0.1) is 6.58 Å². The Bertz CT molecular complexity index is 416. The van der Waals surface area contributed by atoms with Crippen LogP contribution in [0.2, 0.25) is 0 Å². The maximum atomic E-state index is 11.1. The van der Waals surface area contributed by atoms with E-state index in [0.717, 1.165) is 5.56 Å². The first-order chi connectivity index (χ1) is 8.08. The fourth-order valence-corrected chi connectivity index (χ4v) is 1.53. The van der Waals surface area contributed by atoms with Crippen LogP contribution in [0.3, 0.4) is 0 Å². The zero-order valence-electron chi connectivity index (χ0n) is 9.98. The van der Waals surface area contributed by atoms with Crippen molar-refractivity contribution in [1.29, 1.82) is 0 Å². The maximum absolute atomic E-state index is 11.1. The standard InChI is InChI=1S/C13H18N2O2/c1-3-5-9-8-10(14)6-7-12(9)17-11(4-2)13(15)16/h3,6-8,11H,1,4-5,14H2,2H3,(H2,15,16). The highest BCUT2D eigenvalue weighted by Gasteiger charge is 2.16. The van der Waals surface area contributed by atoms with Crippen molar-refractivity contribution in [3.8, 4) is 5.75 Å². The Hall–Kier alpha value is -1.97. The highest BCUT2D eigenvalue weighted by molar-refractivity contribution is 5.79. The molecular formula is C13H18N2O2. The molecule has 92 valence electrons. The number of nitrogens with two attached hydrogens (primary N) is 2. The van der Waals surface area contributed by atoms with Crippen molar-refractivity contribution in [1.82, 2.24) is 0 Å². The second-order valence-electron chi connectivity index (χ2n) is 3.78. The van der Waals surface area contributed by atoms with Gasteiger partial charge in [-0.2, -0.15) is 0 Å². The van der Waals surface area contributed by atoms with Crippen LogP contribution in [0.4, 0.5) is 5.69 Å². The summed E-state index contributed by atoms with van der Waals surface area (Å²) < 4.78 is 5.59. The molecule has 0 saturated heterocycles. The third-order valence-electron chi connectivity index (χ3n) is 2.41. The van der Waals surface area contributed by atoms with Crippen molar-refractivity contribution >= 4 is 11.6 Å². The molecule has 1 amide bonds. The first-order valence-electron chi connectivity index (χ1n) is 5.53. The zero-order chi connectivity index (χ0) is 12.8. The summed E-state index contributed by atoms with van der Waals surface area (Å²) >= 11 is 0. The van der Waals surface area contributed by atoms with Gasteiger partial charge in [-0.05, 0) is 36.6 Å². The van der Waals surface area contributed by atoms with Gasteiger partial charge in [-0.1, -0.05) is 13.0 Å². The first kappa shape index (κ1) is 13.1. The third kappa shape index (κ3) is 3.52. The SMILES string of the molecule is C=CCc1cc(N)ccc1OC(CC)C(N)=O. The van der Waals surface area contributed by atoms with Crippen molar-refractivity contribution in [2.75, 3.05) is 5.73 Å². The van der Waals surface area contributed by atoms with Gasteiger partial charge in [0.2, 0.25) is 0 Å². The fraction of sp³-hybridized carbons (Fsp3) is 0.308. The average Bonchev–Trinajstić information content (AvgIpc) is 2.28. The smallest absolute Gasteiger partial charge is 0.258 e. The molecule has 1 aromatic carbocycles. The lowest BCUT2D eigenvalue weighted by molar-refractivity contribution is -0.124. The van der Waals surface area contributed by atoms with E-state index in [1.54, 1.807) is 18.2 Å². The maximum Gasteiger partial charge on any atom is 0.258 e. The number of hydrogen-bond acceptors (Lipinski definition) is 3. The Morgan fingerprint density at radius 1 is 1.59 bits per heavy atom. The molecule has 0 heterocycles. The summed E-state index contributed by atoms with van der Waals surface area (Å²) in [5.41, 5.74) is 12.5. The number of amides is 1. The van der Waals surface area contributed by atoms with Crippen LogP contribution >= 0.6 is 0 Å². The van der Waals surface area contributed by atoms with Crippen LogP contribution in [0.15, 0.2) is 30.9 Å².